The van der Waals surface area contributed by atoms with Crippen molar-refractivity contribution in [3.63, 3.8) is 0 Å². The van der Waals surface area contributed by atoms with Gasteiger partial charge in [-0.05, 0) is 38.1 Å². The van der Waals surface area contributed by atoms with Gasteiger partial charge in [-0.15, -0.1) is 22.7 Å². The molecule has 0 saturated carbocycles. The normalized spacial score (nSPS) is 13.2. The quantitative estimate of drug-likeness (QED) is 0.289. The highest BCUT2D eigenvalue weighted by atomic mass is 32.1. The lowest BCUT2D eigenvalue weighted by Crippen LogP contribution is -2.29. The maximum absolute atomic E-state index is 10.2. The summed E-state index contributed by atoms with van der Waals surface area (Å²) < 4.78 is 4.96. The minimum atomic E-state index is 0.357. The number of aryl methyl sites for hydroxylation is 2. The lowest BCUT2D eigenvalue weighted by molar-refractivity contribution is 0.924. The summed E-state index contributed by atoms with van der Waals surface area (Å²) in [4.78, 5) is 9.37. The number of thiazole rings is 2. The van der Waals surface area contributed by atoms with E-state index >= 15 is 0 Å². The van der Waals surface area contributed by atoms with Crippen LogP contribution < -0.4 is 16.5 Å². The molecule has 0 fully saturated rings. The smallest absolute Gasteiger partial charge is 0.234 e. The Labute approximate surface area is 214 Å². The van der Waals surface area contributed by atoms with Gasteiger partial charge in [0.25, 0.3) is 0 Å². The van der Waals surface area contributed by atoms with Crippen LogP contribution in [0.15, 0.2) is 48.5 Å². The summed E-state index contributed by atoms with van der Waals surface area (Å²) in [6.07, 6.45) is 0. The molecule has 6 rings (SSSR count). The van der Waals surface area contributed by atoms with Gasteiger partial charge >= 0.3 is 0 Å². The number of rotatable bonds is 2. The van der Waals surface area contributed by atoms with E-state index in [0.717, 1.165) is 31.2 Å². The van der Waals surface area contributed by atoms with Crippen molar-refractivity contribution in [3.8, 4) is 12.1 Å². The van der Waals surface area contributed by atoms with E-state index in [1.807, 2.05) is 62.4 Å². The van der Waals surface area contributed by atoms with Gasteiger partial charge in [-0.1, -0.05) is 24.3 Å². The fraction of sp³-hybridized carbons (Fsp3) is 0.0769. The van der Waals surface area contributed by atoms with Crippen LogP contribution in [0, 0.1) is 36.5 Å². The van der Waals surface area contributed by atoms with Crippen molar-refractivity contribution in [3.05, 3.63) is 80.6 Å². The van der Waals surface area contributed by atoms with Gasteiger partial charge in [0.1, 0.15) is 33.3 Å². The van der Waals surface area contributed by atoms with Crippen molar-refractivity contribution in [2.45, 2.75) is 13.8 Å². The number of para-hydroxylation sites is 2. The Bertz CT molecular complexity index is 1860. The number of benzene rings is 2. The zero-order valence-corrected chi connectivity index (χ0v) is 20.9. The summed E-state index contributed by atoms with van der Waals surface area (Å²) in [5, 5.41) is 24.1. The zero-order chi connectivity index (χ0) is 25.1. The Hall–Kier alpha value is -4.38. The minimum Gasteiger partial charge on any atom is -0.399 e. The van der Waals surface area contributed by atoms with Crippen LogP contribution in [0.4, 0.5) is 0 Å². The number of nitrogens with zero attached hydrogens (tertiary/aromatic N) is 6. The molecule has 0 unspecified atom stereocenters. The summed E-state index contributed by atoms with van der Waals surface area (Å²) in [6, 6.07) is 20.1. The van der Waals surface area contributed by atoms with Crippen LogP contribution in [0.1, 0.15) is 21.4 Å². The topological polar surface area (TPSA) is 109 Å². The van der Waals surface area contributed by atoms with Gasteiger partial charge in [-0.25, -0.2) is 9.97 Å². The molecule has 2 radical (unpaired) electrons. The summed E-state index contributed by atoms with van der Waals surface area (Å²) in [5.74, 6) is 6.56. The van der Waals surface area contributed by atoms with Gasteiger partial charge in [-0.3, -0.25) is 4.68 Å². The highest BCUT2D eigenvalue weighted by molar-refractivity contribution is 7.20. The molecule has 170 valence electrons. The first-order valence-corrected chi connectivity index (χ1v) is 12.6. The fourth-order valence-corrected chi connectivity index (χ4v) is 6.53. The van der Waals surface area contributed by atoms with Crippen molar-refractivity contribution < 1.29 is 0 Å². The first kappa shape index (κ1) is 22.1. The second-order valence-electron chi connectivity index (χ2n) is 8.31. The molecule has 2 N–H and O–H groups in total. The third-order valence-corrected chi connectivity index (χ3v) is 8.47. The molecule has 0 bridgehead atoms. The van der Waals surface area contributed by atoms with Gasteiger partial charge in [0.15, 0.2) is 0 Å². The van der Waals surface area contributed by atoms with E-state index in [9.17, 15) is 10.5 Å². The molecular formula is C26H16BN7S2. The molecule has 0 atom stereocenters. The van der Waals surface area contributed by atoms with Gasteiger partial charge in [-0.2, -0.15) is 10.5 Å². The van der Waals surface area contributed by atoms with Crippen molar-refractivity contribution in [2.75, 3.05) is 5.84 Å². The van der Waals surface area contributed by atoms with Gasteiger partial charge in [0.05, 0.1) is 31.1 Å². The second kappa shape index (κ2) is 8.09. The number of nitriles is 2. The summed E-state index contributed by atoms with van der Waals surface area (Å²) in [5.41, 5.74) is 3.72. The maximum atomic E-state index is 10.2. The van der Waals surface area contributed by atoms with Crippen LogP contribution in [0.2, 0.25) is 0 Å². The first-order chi connectivity index (χ1) is 17.4. The molecule has 10 heteroatoms. The van der Waals surface area contributed by atoms with E-state index in [-0.39, 0.29) is 0 Å². The number of hydrogen-bond acceptors (Lipinski definition) is 7. The lowest BCUT2D eigenvalue weighted by atomic mass is 10.1. The van der Waals surface area contributed by atoms with Crippen LogP contribution in [-0.4, -0.2) is 27.1 Å². The number of nitrogens with two attached hydrogens (primary N) is 1. The van der Waals surface area contributed by atoms with E-state index in [1.165, 1.54) is 31.8 Å². The molecule has 0 spiro atoms. The zero-order valence-electron chi connectivity index (χ0n) is 19.3. The fourth-order valence-electron chi connectivity index (χ4n) is 4.61. The van der Waals surface area contributed by atoms with E-state index in [1.54, 1.807) is 0 Å². The van der Waals surface area contributed by atoms with Gasteiger partial charge < -0.3 is 10.3 Å². The van der Waals surface area contributed by atoms with Crippen LogP contribution in [0.5, 0.6) is 0 Å². The van der Waals surface area contributed by atoms with Crippen LogP contribution in [0.25, 0.3) is 42.4 Å². The number of aromatic nitrogens is 4. The lowest BCUT2D eigenvalue weighted by Gasteiger charge is -2.04. The second-order valence-corrected chi connectivity index (χ2v) is 10.4. The Morgan fingerprint density at radius 2 is 1.28 bits per heavy atom. The standard InChI is InChI=1S/C26H16BN7S2/c1-13-21-22(23(33(13)27)15(11-28)25-31-17-7-3-5-9-19(17)35-25)14(2)34(30)24(21)16(12-29)26-32-18-8-4-6-10-20(18)36-26/h3-10H,30H2,1-2H3/b23-15-,24-16-. The molecular weight excluding hydrogens is 485 g/mol. The van der Waals surface area contributed by atoms with E-state index in [2.05, 4.69) is 22.1 Å². The summed E-state index contributed by atoms with van der Waals surface area (Å²) in [7, 11) is 6.56. The van der Waals surface area contributed by atoms with Crippen molar-refractivity contribution in [1.82, 2.24) is 19.1 Å². The largest absolute Gasteiger partial charge is 0.399 e. The molecule has 36 heavy (non-hydrogen) atoms. The molecule has 2 aromatic carbocycles. The Kier molecular flexibility index (Phi) is 4.97. The molecule has 4 heterocycles. The molecule has 6 aromatic rings. The number of hydrogen-bond donors (Lipinski definition) is 1. The molecule has 7 nitrogen and oxygen atoms in total. The maximum Gasteiger partial charge on any atom is 0.234 e. The predicted octanol–water partition coefficient (Wildman–Crippen LogP) is 3.37. The Morgan fingerprint density at radius 1 is 0.806 bits per heavy atom. The molecule has 0 aliphatic heterocycles. The molecule has 0 amide bonds. The molecule has 0 aliphatic rings. The highest BCUT2D eigenvalue weighted by Crippen LogP contribution is 2.29. The van der Waals surface area contributed by atoms with Crippen molar-refractivity contribution in [1.29, 1.82) is 10.5 Å². The average Bonchev–Trinajstić information content (AvgIpc) is 3.62. The molecule has 0 aliphatic carbocycles. The van der Waals surface area contributed by atoms with E-state index < -0.39 is 0 Å². The summed E-state index contributed by atoms with van der Waals surface area (Å²) >= 11 is 2.87. The Balaban J connectivity index is 1.78. The number of nitrogen functional groups attached to an aromatic ring is 1. The highest BCUT2D eigenvalue weighted by Gasteiger charge is 2.23. The SMILES string of the molecule is [B]n1c(C)c2/c(=C(\C#N)c3nc4ccccc4s3)n(N)c(C)c2/c1=C(\C#N)c1nc2ccccc2s1. The van der Waals surface area contributed by atoms with Gasteiger partial charge in [0.2, 0.25) is 7.98 Å². The summed E-state index contributed by atoms with van der Waals surface area (Å²) in [6.45, 7) is 3.71. The number of fused-ring (bicyclic) bond motifs is 3. The van der Waals surface area contributed by atoms with Crippen molar-refractivity contribution >= 4 is 73.0 Å². The van der Waals surface area contributed by atoms with Crippen LogP contribution in [0.3, 0.4) is 0 Å². The first-order valence-electron chi connectivity index (χ1n) is 11.0. The monoisotopic (exact) mass is 501 g/mol. The predicted molar refractivity (Wildman–Crippen MR) is 145 cm³/mol. The van der Waals surface area contributed by atoms with Crippen LogP contribution >= 0.6 is 22.7 Å². The molecule has 0 saturated heterocycles. The molecule has 4 aromatic heterocycles. The van der Waals surface area contributed by atoms with Crippen LogP contribution in [-0.2, 0) is 0 Å². The van der Waals surface area contributed by atoms with Crippen molar-refractivity contribution in [2.24, 2.45) is 0 Å². The third-order valence-electron chi connectivity index (χ3n) is 6.36. The Morgan fingerprint density at radius 3 is 1.78 bits per heavy atom. The minimum absolute atomic E-state index is 0.357. The van der Waals surface area contributed by atoms with Gasteiger partial charge in [0, 0.05) is 22.2 Å². The average molecular weight is 501 g/mol. The van der Waals surface area contributed by atoms with E-state index in [4.69, 9.17) is 13.8 Å². The third kappa shape index (κ3) is 3.02. The van der Waals surface area contributed by atoms with E-state index in [0.29, 0.717) is 43.2 Å².